The summed E-state index contributed by atoms with van der Waals surface area (Å²) in [7, 11) is 0. The number of aliphatic carboxylic acids is 1. The Balaban J connectivity index is 2.73. The number of carbonyl (C=O) groups excluding carboxylic acids is 1. The number of amides is 1. The SMILES string of the molecule is C=CC[C@@H](NC(=O)c1ccc(F)cc1)C(=O)O. The summed E-state index contributed by atoms with van der Waals surface area (Å²) in [5, 5.41) is 11.1. The van der Waals surface area contributed by atoms with Crippen LogP contribution in [0.4, 0.5) is 4.39 Å². The van der Waals surface area contributed by atoms with Crippen molar-refractivity contribution in [2.75, 3.05) is 0 Å². The van der Waals surface area contributed by atoms with Crippen LogP contribution in [0.5, 0.6) is 0 Å². The predicted octanol–water partition coefficient (Wildman–Crippen LogP) is 1.58. The molecule has 0 aliphatic rings. The summed E-state index contributed by atoms with van der Waals surface area (Å²) in [5.74, 6) is -2.15. The van der Waals surface area contributed by atoms with Gasteiger partial charge in [0.25, 0.3) is 5.91 Å². The Labute approximate surface area is 97.8 Å². The highest BCUT2D eigenvalue weighted by molar-refractivity contribution is 5.96. The van der Waals surface area contributed by atoms with Gasteiger partial charge >= 0.3 is 5.97 Å². The van der Waals surface area contributed by atoms with Crippen LogP contribution in [0.3, 0.4) is 0 Å². The van der Waals surface area contributed by atoms with Crippen molar-refractivity contribution in [1.29, 1.82) is 0 Å². The second-order valence-corrected chi connectivity index (χ2v) is 3.40. The van der Waals surface area contributed by atoms with E-state index in [1.807, 2.05) is 0 Å². The van der Waals surface area contributed by atoms with E-state index in [0.717, 1.165) is 12.1 Å². The quantitative estimate of drug-likeness (QED) is 0.764. The van der Waals surface area contributed by atoms with Gasteiger partial charge in [0.05, 0.1) is 0 Å². The van der Waals surface area contributed by atoms with Crippen LogP contribution < -0.4 is 5.32 Å². The third-order valence-corrected chi connectivity index (χ3v) is 2.11. The molecule has 2 N–H and O–H groups in total. The van der Waals surface area contributed by atoms with Gasteiger partial charge in [0.1, 0.15) is 11.9 Å². The van der Waals surface area contributed by atoms with Crippen molar-refractivity contribution in [3.05, 3.63) is 48.3 Å². The van der Waals surface area contributed by atoms with Gasteiger partial charge in [-0.2, -0.15) is 0 Å². The van der Waals surface area contributed by atoms with Crippen LogP contribution >= 0.6 is 0 Å². The highest BCUT2D eigenvalue weighted by Crippen LogP contribution is 2.04. The van der Waals surface area contributed by atoms with Gasteiger partial charge in [0, 0.05) is 5.56 Å². The first kappa shape index (κ1) is 12.9. The molecule has 1 amide bonds. The summed E-state index contributed by atoms with van der Waals surface area (Å²) in [6, 6.07) is 3.83. The molecule has 1 aromatic carbocycles. The molecule has 0 radical (unpaired) electrons. The van der Waals surface area contributed by atoms with Crippen molar-refractivity contribution in [3.63, 3.8) is 0 Å². The first-order valence-electron chi connectivity index (χ1n) is 4.94. The molecule has 0 aliphatic carbocycles. The number of halogens is 1. The lowest BCUT2D eigenvalue weighted by Crippen LogP contribution is -2.40. The highest BCUT2D eigenvalue weighted by atomic mass is 19.1. The third kappa shape index (κ3) is 3.71. The fraction of sp³-hybridized carbons (Fsp3) is 0.167. The van der Waals surface area contributed by atoms with E-state index in [-0.39, 0.29) is 12.0 Å². The Hall–Kier alpha value is -2.17. The van der Waals surface area contributed by atoms with Crippen LogP contribution in [0.1, 0.15) is 16.8 Å². The zero-order chi connectivity index (χ0) is 12.8. The molecule has 4 nitrogen and oxygen atoms in total. The number of rotatable bonds is 5. The van der Waals surface area contributed by atoms with Crippen molar-refractivity contribution in [2.24, 2.45) is 0 Å². The number of nitrogens with one attached hydrogen (secondary N) is 1. The van der Waals surface area contributed by atoms with Crippen LogP contribution in [0.25, 0.3) is 0 Å². The minimum Gasteiger partial charge on any atom is -0.480 e. The zero-order valence-electron chi connectivity index (χ0n) is 9.02. The van der Waals surface area contributed by atoms with E-state index >= 15 is 0 Å². The van der Waals surface area contributed by atoms with Gasteiger partial charge in [-0.3, -0.25) is 4.79 Å². The molecule has 0 bridgehead atoms. The van der Waals surface area contributed by atoms with Crippen molar-refractivity contribution >= 4 is 11.9 Å². The molecule has 17 heavy (non-hydrogen) atoms. The van der Waals surface area contributed by atoms with E-state index in [1.165, 1.54) is 18.2 Å². The molecule has 0 unspecified atom stereocenters. The van der Waals surface area contributed by atoms with Gasteiger partial charge in [0.15, 0.2) is 0 Å². The Bertz CT molecular complexity index is 428. The average molecular weight is 237 g/mol. The minimum atomic E-state index is -1.14. The topological polar surface area (TPSA) is 66.4 Å². The average Bonchev–Trinajstić information content (AvgIpc) is 2.29. The fourth-order valence-corrected chi connectivity index (χ4v) is 1.23. The van der Waals surface area contributed by atoms with Gasteiger partial charge in [-0.15, -0.1) is 6.58 Å². The maximum atomic E-state index is 12.6. The molecule has 0 saturated carbocycles. The lowest BCUT2D eigenvalue weighted by atomic mass is 10.1. The molecule has 0 spiro atoms. The standard InChI is InChI=1S/C12H12FNO3/c1-2-3-10(12(16)17)14-11(15)8-4-6-9(13)7-5-8/h2,4-7,10H,1,3H2,(H,14,15)(H,16,17)/t10-/m1/s1. The van der Waals surface area contributed by atoms with Crippen LogP contribution in [0.2, 0.25) is 0 Å². The van der Waals surface area contributed by atoms with E-state index in [4.69, 9.17) is 5.11 Å². The van der Waals surface area contributed by atoms with Crippen molar-refractivity contribution in [3.8, 4) is 0 Å². The fourth-order valence-electron chi connectivity index (χ4n) is 1.23. The van der Waals surface area contributed by atoms with Crippen LogP contribution in [0, 0.1) is 5.82 Å². The summed E-state index contributed by atoms with van der Waals surface area (Å²) in [6.45, 7) is 3.41. The van der Waals surface area contributed by atoms with E-state index < -0.39 is 23.7 Å². The van der Waals surface area contributed by atoms with E-state index in [1.54, 1.807) is 0 Å². The molecule has 0 heterocycles. The molecule has 5 heteroatoms. The summed E-state index contributed by atoms with van der Waals surface area (Å²) in [6.07, 6.45) is 1.53. The molecule has 1 aromatic rings. The lowest BCUT2D eigenvalue weighted by molar-refractivity contribution is -0.139. The molecule has 1 atom stereocenters. The first-order valence-corrected chi connectivity index (χ1v) is 4.94. The van der Waals surface area contributed by atoms with E-state index in [2.05, 4.69) is 11.9 Å². The van der Waals surface area contributed by atoms with E-state index in [9.17, 15) is 14.0 Å². The Morgan fingerprint density at radius 2 is 2.00 bits per heavy atom. The number of hydrogen-bond acceptors (Lipinski definition) is 2. The van der Waals surface area contributed by atoms with Gasteiger partial charge in [-0.25, -0.2) is 9.18 Å². The van der Waals surface area contributed by atoms with Crippen LogP contribution in [0.15, 0.2) is 36.9 Å². The largest absolute Gasteiger partial charge is 0.480 e. The molecule has 0 saturated heterocycles. The third-order valence-electron chi connectivity index (χ3n) is 2.11. The van der Waals surface area contributed by atoms with Gasteiger partial charge in [0.2, 0.25) is 0 Å². The number of carboxylic acid groups (broad SMARTS) is 1. The highest BCUT2D eigenvalue weighted by Gasteiger charge is 2.18. The van der Waals surface area contributed by atoms with Crippen LogP contribution in [-0.2, 0) is 4.79 Å². The molecule has 0 aliphatic heterocycles. The normalized spacial score (nSPS) is 11.6. The summed E-state index contributed by atoms with van der Waals surface area (Å²) < 4.78 is 12.6. The lowest BCUT2D eigenvalue weighted by Gasteiger charge is -2.12. The maximum absolute atomic E-state index is 12.6. The monoisotopic (exact) mass is 237 g/mol. The Morgan fingerprint density at radius 1 is 1.41 bits per heavy atom. The molecule has 1 rings (SSSR count). The minimum absolute atomic E-state index is 0.127. The molecule has 90 valence electrons. The molecule has 0 fully saturated rings. The number of carboxylic acids is 1. The number of carbonyl (C=O) groups is 2. The second-order valence-electron chi connectivity index (χ2n) is 3.40. The summed E-state index contributed by atoms with van der Waals surface area (Å²) >= 11 is 0. The van der Waals surface area contributed by atoms with Crippen molar-refractivity contribution < 1.29 is 19.1 Å². The number of hydrogen-bond donors (Lipinski definition) is 2. The second kappa shape index (κ2) is 5.79. The Morgan fingerprint density at radius 3 is 2.47 bits per heavy atom. The van der Waals surface area contributed by atoms with Gasteiger partial charge in [-0.1, -0.05) is 6.08 Å². The summed E-state index contributed by atoms with van der Waals surface area (Å²) in [5.41, 5.74) is 0.210. The van der Waals surface area contributed by atoms with Crippen LogP contribution in [-0.4, -0.2) is 23.0 Å². The number of benzene rings is 1. The zero-order valence-corrected chi connectivity index (χ0v) is 9.02. The first-order chi connectivity index (χ1) is 8.04. The molecular weight excluding hydrogens is 225 g/mol. The molecular formula is C12H12FNO3. The summed E-state index contributed by atoms with van der Waals surface area (Å²) in [4.78, 5) is 22.4. The van der Waals surface area contributed by atoms with Gasteiger partial charge < -0.3 is 10.4 Å². The van der Waals surface area contributed by atoms with Crippen molar-refractivity contribution in [2.45, 2.75) is 12.5 Å². The predicted molar refractivity (Wildman–Crippen MR) is 60.1 cm³/mol. The van der Waals surface area contributed by atoms with Gasteiger partial charge in [-0.05, 0) is 30.7 Å². The smallest absolute Gasteiger partial charge is 0.326 e. The Kier molecular flexibility index (Phi) is 4.39. The van der Waals surface area contributed by atoms with Crippen molar-refractivity contribution in [1.82, 2.24) is 5.32 Å². The maximum Gasteiger partial charge on any atom is 0.326 e. The van der Waals surface area contributed by atoms with E-state index in [0.29, 0.717) is 0 Å². The molecule has 0 aromatic heterocycles.